The number of carbonyl (C=O) groups excluding carboxylic acids is 1. The summed E-state index contributed by atoms with van der Waals surface area (Å²) in [5, 5.41) is 0. The Morgan fingerprint density at radius 2 is 2.08 bits per heavy atom. The topological polar surface area (TPSA) is 29.4 Å². The number of aliphatic imine (C=N–C) groups is 1. The van der Waals surface area contributed by atoms with Crippen LogP contribution < -0.4 is 0 Å². The Kier molecular flexibility index (Phi) is 2.79. The molecule has 0 saturated heterocycles. The van der Waals surface area contributed by atoms with Gasteiger partial charge in [0.05, 0.1) is 5.69 Å². The van der Waals surface area contributed by atoms with Crippen LogP contribution in [0.5, 0.6) is 0 Å². The van der Waals surface area contributed by atoms with E-state index in [0.717, 1.165) is 15.6 Å². The minimum Gasteiger partial charge on any atom is -0.211 e. The molecular weight excluding hydrogens is 218 g/mol. The van der Waals surface area contributed by atoms with Crippen molar-refractivity contribution in [1.29, 1.82) is 0 Å². The highest BCUT2D eigenvalue weighted by Crippen LogP contribution is 2.28. The predicted octanol–water partition coefficient (Wildman–Crippen LogP) is 3.03. The van der Waals surface area contributed by atoms with Crippen LogP contribution in [-0.2, 0) is 4.79 Å². The lowest BCUT2D eigenvalue weighted by molar-refractivity contribution is 0.565. The number of rotatable bonds is 1. The van der Waals surface area contributed by atoms with E-state index in [1.165, 1.54) is 6.08 Å². The number of halogens is 1. The second-order valence-corrected chi connectivity index (χ2v) is 3.34. The Balaban J connectivity index is 3.35. The average Bonchev–Trinajstić information content (AvgIpc) is 2.07. The van der Waals surface area contributed by atoms with Gasteiger partial charge in [-0.1, -0.05) is 22.0 Å². The lowest BCUT2D eigenvalue weighted by atomic mass is 10.1. The first-order valence-electron chi connectivity index (χ1n) is 3.50. The highest BCUT2D eigenvalue weighted by Gasteiger charge is 2.02. The van der Waals surface area contributed by atoms with E-state index in [-0.39, 0.29) is 0 Å². The van der Waals surface area contributed by atoms with Gasteiger partial charge < -0.3 is 0 Å². The number of aryl methyl sites for hydroxylation is 1. The summed E-state index contributed by atoms with van der Waals surface area (Å²) in [6, 6.07) is 3.72. The molecule has 0 spiro atoms. The van der Waals surface area contributed by atoms with Crippen LogP contribution in [0.3, 0.4) is 0 Å². The summed E-state index contributed by atoms with van der Waals surface area (Å²) in [5.41, 5.74) is 2.78. The summed E-state index contributed by atoms with van der Waals surface area (Å²) >= 11 is 3.41. The van der Waals surface area contributed by atoms with Crippen molar-refractivity contribution < 1.29 is 4.79 Å². The predicted molar refractivity (Wildman–Crippen MR) is 51.4 cm³/mol. The van der Waals surface area contributed by atoms with Gasteiger partial charge in [-0.05, 0) is 31.0 Å². The van der Waals surface area contributed by atoms with Crippen LogP contribution in [0.15, 0.2) is 21.6 Å². The molecule has 0 aliphatic carbocycles. The molecule has 0 radical (unpaired) electrons. The van der Waals surface area contributed by atoms with Crippen molar-refractivity contribution in [3.63, 3.8) is 0 Å². The first kappa shape index (κ1) is 9.17. The Morgan fingerprint density at radius 1 is 1.42 bits per heavy atom. The fourth-order valence-corrected chi connectivity index (χ4v) is 1.32. The standard InChI is InChI=1S/C9H8BrNO/c1-6-3-4-8(11-5-12)7(2)9(6)10/h3-4H,1-2H3. The number of isocyanates is 1. The van der Waals surface area contributed by atoms with Gasteiger partial charge in [0, 0.05) is 4.47 Å². The van der Waals surface area contributed by atoms with Gasteiger partial charge in [0.15, 0.2) is 0 Å². The summed E-state index contributed by atoms with van der Waals surface area (Å²) in [6.07, 6.45) is 1.53. The maximum Gasteiger partial charge on any atom is 0.240 e. The fraction of sp³-hybridized carbons (Fsp3) is 0.222. The van der Waals surface area contributed by atoms with Crippen LogP contribution in [-0.4, -0.2) is 6.08 Å². The van der Waals surface area contributed by atoms with Gasteiger partial charge in [-0.25, -0.2) is 4.79 Å². The largest absolute Gasteiger partial charge is 0.240 e. The normalized spacial score (nSPS) is 9.25. The van der Waals surface area contributed by atoms with Gasteiger partial charge in [0.25, 0.3) is 0 Å². The maximum absolute atomic E-state index is 10.0. The van der Waals surface area contributed by atoms with Crippen molar-refractivity contribution in [2.75, 3.05) is 0 Å². The van der Waals surface area contributed by atoms with Crippen LogP contribution in [0, 0.1) is 13.8 Å². The molecule has 1 aromatic rings. The third kappa shape index (κ3) is 1.63. The van der Waals surface area contributed by atoms with E-state index in [2.05, 4.69) is 20.9 Å². The first-order valence-corrected chi connectivity index (χ1v) is 4.29. The van der Waals surface area contributed by atoms with E-state index in [0.29, 0.717) is 5.69 Å². The lowest BCUT2D eigenvalue weighted by Crippen LogP contribution is -1.81. The third-order valence-electron chi connectivity index (χ3n) is 1.72. The molecule has 0 aliphatic rings. The van der Waals surface area contributed by atoms with E-state index < -0.39 is 0 Å². The minimum atomic E-state index is 0.669. The molecule has 0 atom stereocenters. The van der Waals surface area contributed by atoms with Crippen molar-refractivity contribution in [3.8, 4) is 0 Å². The van der Waals surface area contributed by atoms with Gasteiger partial charge in [0.2, 0.25) is 6.08 Å². The van der Waals surface area contributed by atoms with E-state index in [9.17, 15) is 4.79 Å². The SMILES string of the molecule is Cc1ccc(N=C=O)c(C)c1Br. The second-order valence-electron chi connectivity index (χ2n) is 2.54. The van der Waals surface area contributed by atoms with Crippen molar-refractivity contribution >= 4 is 27.7 Å². The highest BCUT2D eigenvalue weighted by atomic mass is 79.9. The molecule has 0 aliphatic heterocycles. The van der Waals surface area contributed by atoms with Gasteiger partial charge in [0.1, 0.15) is 0 Å². The summed E-state index contributed by atoms with van der Waals surface area (Å²) < 4.78 is 0.999. The number of hydrogen-bond acceptors (Lipinski definition) is 2. The monoisotopic (exact) mass is 225 g/mol. The summed E-state index contributed by atoms with van der Waals surface area (Å²) in [5.74, 6) is 0. The van der Waals surface area contributed by atoms with E-state index in [1.54, 1.807) is 6.07 Å². The number of benzene rings is 1. The summed E-state index contributed by atoms with van der Waals surface area (Å²) in [6.45, 7) is 3.90. The van der Waals surface area contributed by atoms with Gasteiger partial charge in [-0.2, -0.15) is 4.99 Å². The highest BCUT2D eigenvalue weighted by molar-refractivity contribution is 9.10. The molecule has 0 saturated carbocycles. The molecule has 12 heavy (non-hydrogen) atoms. The quantitative estimate of drug-likeness (QED) is 0.534. The Bertz CT molecular complexity index is 354. The third-order valence-corrected chi connectivity index (χ3v) is 2.94. The average molecular weight is 226 g/mol. The molecule has 0 unspecified atom stereocenters. The zero-order valence-electron chi connectivity index (χ0n) is 6.89. The smallest absolute Gasteiger partial charge is 0.211 e. The summed E-state index contributed by atoms with van der Waals surface area (Å²) in [7, 11) is 0. The van der Waals surface area contributed by atoms with Crippen molar-refractivity contribution in [1.82, 2.24) is 0 Å². The first-order chi connectivity index (χ1) is 5.66. The molecule has 3 heteroatoms. The molecule has 0 fully saturated rings. The Labute approximate surface area is 79.5 Å². The van der Waals surface area contributed by atoms with Crippen molar-refractivity contribution in [3.05, 3.63) is 27.7 Å². The van der Waals surface area contributed by atoms with Gasteiger partial charge in [-0.15, -0.1) is 0 Å². The molecule has 0 aromatic heterocycles. The van der Waals surface area contributed by atoms with E-state index in [1.807, 2.05) is 19.9 Å². The summed E-state index contributed by atoms with van der Waals surface area (Å²) in [4.78, 5) is 13.6. The van der Waals surface area contributed by atoms with Crippen LogP contribution in [0.4, 0.5) is 5.69 Å². The maximum atomic E-state index is 10.0. The van der Waals surface area contributed by atoms with Crippen LogP contribution in [0.25, 0.3) is 0 Å². The molecule has 1 aromatic carbocycles. The van der Waals surface area contributed by atoms with E-state index >= 15 is 0 Å². The molecular formula is C9H8BrNO. The molecule has 62 valence electrons. The zero-order valence-corrected chi connectivity index (χ0v) is 8.47. The van der Waals surface area contributed by atoms with Crippen LogP contribution in [0.2, 0.25) is 0 Å². The van der Waals surface area contributed by atoms with Crippen molar-refractivity contribution in [2.45, 2.75) is 13.8 Å². The molecule has 0 amide bonds. The van der Waals surface area contributed by atoms with Crippen LogP contribution >= 0.6 is 15.9 Å². The zero-order chi connectivity index (χ0) is 9.14. The fourth-order valence-electron chi connectivity index (χ4n) is 0.981. The molecule has 0 N–H and O–H groups in total. The molecule has 2 nitrogen and oxygen atoms in total. The minimum absolute atomic E-state index is 0.669. The van der Waals surface area contributed by atoms with Crippen molar-refractivity contribution in [2.24, 2.45) is 4.99 Å². The van der Waals surface area contributed by atoms with Gasteiger partial charge in [-0.3, -0.25) is 0 Å². The number of hydrogen-bond donors (Lipinski definition) is 0. The molecule has 0 heterocycles. The molecule has 1 rings (SSSR count). The van der Waals surface area contributed by atoms with Crippen LogP contribution in [0.1, 0.15) is 11.1 Å². The Morgan fingerprint density at radius 3 is 2.67 bits per heavy atom. The van der Waals surface area contributed by atoms with Gasteiger partial charge >= 0.3 is 0 Å². The lowest BCUT2D eigenvalue weighted by Gasteiger charge is -2.03. The number of nitrogens with zero attached hydrogens (tertiary/aromatic N) is 1. The Hall–Kier alpha value is -0.920. The second kappa shape index (κ2) is 3.65. The molecule has 0 bridgehead atoms. The van der Waals surface area contributed by atoms with E-state index in [4.69, 9.17) is 0 Å².